The number of hydrogen-bond donors (Lipinski definition) is 4. The molecule has 0 atom stereocenters. The van der Waals surface area contributed by atoms with Crippen molar-refractivity contribution in [1.82, 2.24) is 15.2 Å². The second kappa shape index (κ2) is 5.83. The normalized spacial score (nSPS) is 10.2. The van der Waals surface area contributed by atoms with Gasteiger partial charge in [-0.2, -0.15) is 0 Å². The second-order valence-corrected chi connectivity index (χ2v) is 3.64. The molecule has 5 N–H and O–H groups in total. The molecule has 0 aliphatic rings. The van der Waals surface area contributed by atoms with E-state index in [4.69, 9.17) is 10.5 Å². The molecular weight excluding hydrogens is 250 g/mol. The van der Waals surface area contributed by atoms with Crippen LogP contribution in [0.25, 0.3) is 0 Å². The number of nitrogens with two attached hydrogens (primary N) is 1. The molecular formula is C11H13N5O3. The average molecular weight is 263 g/mol. The third-order valence-electron chi connectivity index (χ3n) is 2.22. The van der Waals surface area contributed by atoms with E-state index < -0.39 is 11.2 Å². The van der Waals surface area contributed by atoms with E-state index in [0.29, 0.717) is 24.6 Å². The van der Waals surface area contributed by atoms with Gasteiger partial charge in [0.1, 0.15) is 12.4 Å². The zero-order valence-corrected chi connectivity index (χ0v) is 9.97. The molecule has 0 saturated carbocycles. The lowest BCUT2D eigenvalue weighted by molar-refractivity contribution is 0.328. The number of anilines is 2. The predicted octanol–water partition coefficient (Wildman–Crippen LogP) is -0.461. The summed E-state index contributed by atoms with van der Waals surface area (Å²) in [6.45, 7) is 0.880. The molecule has 0 bridgehead atoms. The summed E-state index contributed by atoms with van der Waals surface area (Å²) in [6.07, 6.45) is 0. The van der Waals surface area contributed by atoms with Gasteiger partial charge in [-0.15, -0.1) is 5.10 Å². The molecule has 0 saturated heterocycles. The van der Waals surface area contributed by atoms with Crippen molar-refractivity contribution in [1.29, 1.82) is 0 Å². The van der Waals surface area contributed by atoms with Gasteiger partial charge in [-0.3, -0.25) is 9.78 Å². The molecule has 1 aromatic heterocycles. The number of aromatic nitrogens is 3. The number of rotatable bonds is 5. The van der Waals surface area contributed by atoms with E-state index in [-0.39, 0.29) is 5.82 Å². The first-order valence-electron chi connectivity index (χ1n) is 5.58. The topological polar surface area (TPSA) is 126 Å². The van der Waals surface area contributed by atoms with Gasteiger partial charge in [-0.05, 0) is 24.3 Å². The van der Waals surface area contributed by atoms with Crippen molar-refractivity contribution < 1.29 is 4.74 Å². The smallest absolute Gasteiger partial charge is 0.342 e. The summed E-state index contributed by atoms with van der Waals surface area (Å²) in [4.78, 5) is 24.3. The van der Waals surface area contributed by atoms with Crippen LogP contribution in [0.15, 0.2) is 33.9 Å². The molecule has 8 nitrogen and oxygen atoms in total. The molecule has 1 aromatic carbocycles. The average Bonchev–Trinajstić information content (AvgIpc) is 2.41. The molecule has 0 spiro atoms. The van der Waals surface area contributed by atoms with E-state index in [1.165, 1.54) is 0 Å². The van der Waals surface area contributed by atoms with Crippen molar-refractivity contribution >= 4 is 11.5 Å². The molecule has 0 amide bonds. The van der Waals surface area contributed by atoms with Gasteiger partial charge >= 0.3 is 5.69 Å². The monoisotopic (exact) mass is 263 g/mol. The summed E-state index contributed by atoms with van der Waals surface area (Å²) in [5, 5.41) is 8.52. The van der Waals surface area contributed by atoms with Crippen molar-refractivity contribution in [3.8, 4) is 5.75 Å². The number of nitrogens with one attached hydrogen (secondary N) is 3. The summed E-state index contributed by atoms with van der Waals surface area (Å²) in [7, 11) is 0. The van der Waals surface area contributed by atoms with E-state index in [0.717, 1.165) is 0 Å². The standard InChI is InChI=1S/C11H13N5O3/c12-5-6-19-8-3-1-7(2-4-8)13-9-10(17)14-11(18)16-15-9/h1-4H,5-6,12H2,(H,13,15)(H2,14,16,17,18). The van der Waals surface area contributed by atoms with Crippen LogP contribution >= 0.6 is 0 Å². The Morgan fingerprint density at radius 1 is 1.26 bits per heavy atom. The van der Waals surface area contributed by atoms with Gasteiger partial charge in [0, 0.05) is 12.2 Å². The van der Waals surface area contributed by atoms with E-state index >= 15 is 0 Å². The molecule has 8 heteroatoms. The third-order valence-corrected chi connectivity index (χ3v) is 2.22. The summed E-state index contributed by atoms with van der Waals surface area (Å²) >= 11 is 0. The molecule has 1 heterocycles. The quantitative estimate of drug-likeness (QED) is 0.578. The highest BCUT2D eigenvalue weighted by atomic mass is 16.5. The number of hydrogen-bond acceptors (Lipinski definition) is 6. The number of benzene rings is 1. The minimum atomic E-state index is -0.652. The minimum absolute atomic E-state index is 0.00947. The van der Waals surface area contributed by atoms with Crippen molar-refractivity contribution in [2.75, 3.05) is 18.5 Å². The first kappa shape index (κ1) is 12.8. The predicted molar refractivity (Wildman–Crippen MR) is 69.8 cm³/mol. The largest absolute Gasteiger partial charge is 0.492 e. The lowest BCUT2D eigenvalue weighted by Gasteiger charge is -2.06. The van der Waals surface area contributed by atoms with Crippen molar-refractivity contribution in [2.24, 2.45) is 5.73 Å². The van der Waals surface area contributed by atoms with Crippen LogP contribution in [0.2, 0.25) is 0 Å². The van der Waals surface area contributed by atoms with Crippen molar-refractivity contribution in [3.05, 3.63) is 45.1 Å². The first-order chi connectivity index (χ1) is 9.19. The Labute approximate surface area is 107 Å². The summed E-state index contributed by atoms with van der Waals surface area (Å²) < 4.78 is 5.32. The van der Waals surface area contributed by atoms with Crippen LogP contribution in [0.3, 0.4) is 0 Å². The first-order valence-corrected chi connectivity index (χ1v) is 5.58. The van der Waals surface area contributed by atoms with Gasteiger partial charge < -0.3 is 15.8 Å². The van der Waals surface area contributed by atoms with E-state index in [1.807, 2.05) is 0 Å². The number of ether oxygens (including phenoxy) is 1. The zero-order valence-electron chi connectivity index (χ0n) is 9.97. The lowest BCUT2D eigenvalue weighted by atomic mass is 10.3. The van der Waals surface area contributed by atoms with Crippen LogP contribution in [0.1, 0.15) is 0 Å². The number of H-pyrrole nitrogens is 2. The third kappa shape index (κ3) is 3.42. The maximum Gasteiger partial charge on any atom is 0.342 e. The fraction of sp³-hybridized carbons (Fsp3) is 0.182. The van der Waals surface area contributed by atoms with Crippen LogP contribution in [-0.2, 0) is 0 Å². The fourth-order valence-corrected chi connectivity index (χ4v) is 1.38. The van der Waals surface area contributed by atoms with Gasteiger partial charge in [0.05, 0.1) is 0 Å². The SMILES string of the molecule is NCCOc1ccc(Nc2n[nH]c(=O)[nH]c2=O)cc1. The molecule has 0 fully saturated rings. The molecule has 2 rings (SSSR count). The van der Waals surface area contributed by atoms with Crippen LogP contribution in [0.5, 0.6) is 5.75 Å². The molecule has 100 valence electrons. The van der Waals surface area contributed by atoms with Crippen LogP contribution in [0.4, 0.5) is 11.5 Å². The van der Waals surface area contributed by atoms with Gasteiger partial charge in [0.2, 0.25) is 5.82 Å². The maximum atomic E-state index is 11.4. The molecule has 0 radical (unpaired) electrons. The Balaban J connectivity index is 2.11. The van der Waals surface area contributed by atoms with Gasteiger partial charge in [0.15, 0.2) is 0 Å². The maximum absolute atomic E-state index is 11.4. The van der Waals surface area contributed by atoms with Crippen LogP contribution in [0, 0.1) is 0 Å². The Hall–Kier alpha value is -2.61. The van der Waals surface area contributed by atoms with Gasteiger partial charge in [-0.25, -0.2) is 9.89 Å². The number of aromatic amines is 2. The van der Waals surface area contributed by atoms with Crippen LogP contribution in [-0.4, -0.2) is 28.3 Å². The molecule has 0 aliphatic heterocycles. The summed E-state index contributed by atoms with van der Waals surface area (Å²) in [6, 6.07) is 6.91. The van der Waals surface area contributed by atoms with Gasteiger partial charge in [-0.1, -0.05) is 0 Å². The highest BCUT2D eigenvalue weighted by molar-refractivity contribution is 5.55. The Morgan fingerprint density at radius 3 is 2.63 bits per heavy atom. The highest BCUT2D eigenvalue weighted by Crippen LogP contribution is 2.17. The Kier molecular flexibility index (Phi) is 3.94. The van der Waals surface area contributed by atoms with E-state index in [1.54, 1.807) is 24.3 Å². The van der Waals surface area contributed by atoms with Crippen molar-refractivity contribution in [2.45, 2.75) is 0 Å². The highest BCUT2D eigenvalue weighted by Gasteiger charge is 2.02. The zero-order chi connectivity index (χ0) is 13.7. The Morgan fingerprint density at radius 2 is 2.00 bits per heavy atom. The molecule has 0 unspecified atom stereocenters. The van der Waals surface area contributed by atoms with E-state index in [2.05, 4.69) is 20.5 Å². The summed E-state index contributed by atoms with van der Waals surface area (Å²) in [5.41, 5.74) is 4.73. The molecule has 19 heavy (non-hydrogen) atoms. The second-order valence-electron chi connectivity index (χ2n) is 3.64. The lowest BCUT2D eigenvalue weighted by Crippen LogP contribution is -2.25. The minimum Gasteiger partial charge on any atom is -0.492 e. The van der Waals surface area contributed by atoms with Gasteiger partial charge in [0.25, 0.3) is 5.56 Å². The van der Waals surface area contributed by atoms with Crippen LogP contribution < -0.4 is 27.0 Å². The Bertz CT molecular complexity index is 646. The molecule has 2 aromatic rings. The molecule has 0 aliphatic carbocycles. The van der Waals surface area contributed by atoms with Crippen molar-refractivity contribution in [3.63, 3.8) is 0 Å². The number of nitrogens with zero attached hydrogens (tertiary/aromatic N) is 1. The van der Waals surface area contributed by atoms with E-state index in [9.17, 15) is 9.59 Å². The summed E-state index contributed by atoms with van der Waals surface area (Å²) in [5.74, 6) is 0.689. The fourth-order valence-electron chi connectivity index (χ4n) is 1.38.